The third-order valence-corrected chi connectivity index (χ3v) is 3.83. The molecule has 0 radical (unpaired) electrons. The highest BCUT2D eigenvalue weighted by Gasteiger charge is 2.12. The molecule has 2 rings (SSSR count). The van der Waals surface area contributed by atoms with Crippen LogP contribution >= 0.6 is 0 Å². The molecule has 0 saturated heterocycles. The molecule has 118 valence electrons. The Morgan fingerprint density at radius 3 is 2.41 bits per heavy atom. The van der Waals surface area contributed by atoms with Gasteiger partial charge in [-0.15, -0.1) is 0 Å². The molecule has 2 aromatic carbocycles. The number of rotatable bonds is 7. The second-order valence-electron chi connectivity index (χ2n) is 5.66. The highest BCUT2D eigenvalue weighted by atomic mass is 19.1. The lowest BCUT2D eigenvalue weighted by atomic mass is 9.98. The van der Waals surface area contributed by atoms with E-state index in [9.17, 15) is 4.39 Å². The van der Waals surface area contributed by atoms with Crippen LogP contribution in [-0.2, 0) is 0 Å². The zero-order valence-corrected chi connectivity index (χ0v) is 13.5. The summed E-state index contributed by atoms with van der Waals surface area (Å²) in [5, 5.41) is 3.26. The van der Waals surface area contributed by atoms with Crippen LogP contribution in [0.5, 0.6) is 5.75 Å². The fourth-order valence-electron chi connectivity index (χ4n) is 2.30. The van der Waals surface area contributed by atoms with Crippen LogP contribution in [-0.4, -0.2) is 12.6 Å². The number of hydrogen-bond acceptors (Lipinski definition) is 2. The molecule has 1 N–H and O–H groups in total. The average molecular weight is 301 g/mol. The van der Waals surface area contributed by atoms with Crippen LogP contribution in [0.25, 0.3) is 0 Å². The first kappa shape index (κ1) is 16.3. The van der Waals surface area contributed by atoms with Crippen molar-refractivity contribution in [2.75, 3.05) is 11.9 Å². The molecule has 0 aliphatic carbocycles. The molecule has 2 atom stereocenters. The van der Waals surface area contributed by atoms with Crippen molar-refractivity contribution in [2.24, 2.45) is 0 Å². The van der Waals surface area contributed by atoms with Gasteiger partial charge in [-0.1, -0.05) is 32.0 Å². The highest BCUT2D eigenvalue weighted by molar-refractivity contribution is 5.43. The largest absolute Gasteiger partial charge is 0.489 e. The smallest absolute Gasteiger partial charge is 0.123 e. The lowest BCUT2D eigenvalue weighted by molar-refractivity contribution is 0.231. The summed E-state index contributed by atoms with van der Waals surface area (Å²) in [6, 6.07) is 14.6. The molecule has 3 heteroatoms. The second kappa shape index (κ2) is 7.83. The van der Waals surface area contributed by atoms with Crippen LogP contribution in [0.1, 0.15) is 38.7 Å². The van der Waals surface area contributed by atoms with Crippen LogP contribution in [0.2, 0.25) is 0 Å². The number of benzene rings is 2. The van der Waals surface area contributed by atoms with Gasteiger partial charge in [0.25, 0.3) is 0 Å². The molecule has 0 aromatic heterocycles. The standard InChI is InChI=1S/C19H24FNO/c1-4-14(2)18-7-5-6-8-19(18)22-15(3)13-21-17-11-9-16(20)10-12-17/h5-12,14-15,21H,4,13H2,1-3H3/t14-,15+/m1/s1. The van der Waals surface area contributed by atoms with E-state index in [1.54, 1.807) is 12.1 Å². The summed E-state index contributed by atoms with van der Waals surface area (Å²) in [6.45, 7) is 7.09. The lowest BCUT2D eigenvalue weighted by Gasteiger charge is -2.20. The molecule has 0 heterocycles. The van der Waals surface area contributed by atoms with E-state index in [1.807, 2.05) is 19.1 Å². The third-order valence-electron chi connectivity index (χ3n) is 3.83. The maximum Gasteiger partial charge on any atom is 0.123 e. The number of hydrogen-bond donors (Lipinski definition) is 1. The molecule has 0 bridgehead atoms. The Kier molecular flexibility index (Phi) is 5.82. The van der Waals surface area contributed by atoms with Gasteiger partial charge in [-0.25, -0.2) is 4.39 Å². The van der Waals surface area contributed by atoms with Gasteiger partial charge in [0, 0.05) is 5.69 Å². The van der Waals surface area contributed by atoms with Crippen LogP contribution < -0.4 is 10.1 Å². The summed E-state index contributed by atoms with van der Waals surface area (Å²) in [5.41, 5.74) is 2.14. The van der Waals surface area contributed by atoms with Crippen LogP contribution in [0.4, 0.5) is 10.1 Å². The van der Waals surface area contributed by atoms with Crippen molar-refractivity contribution >= 4 is 5.69 Å². The summed E-state index contributed by atoms with van der Waals surface area (Å²) in [4.78, 5) is 0. The van der Waals surface area contributed by atoms with Gasteiger partial charge < -0.3 is 10.1 Å². The molecule has 2 aromatic rings. The van der Waals surface area contributed by atoms with Gasteiger partial charge in [-0.05, 0) is 55.2 Å². The summed E-state index contributed by atoms with van der Waals surface area (Å²) in [6.07, 6.45) is 1.11. The second-order valence-corrected chi connectivity index (χ2v) is 5.66. The number of anilines is 1. The van der Waals surface area contributed by atoms with Gasteiger partial charge in [0.1, 0.15) is 17.7 Å². The minimum Gasteiger partial charge on any atom is -0.489 e. The van der Waals surface area contributed by atoms with Crippen LogP contribution in [0, 0.1) is 5.82 Å². The molecule has 22 heavy (non-hydrogen) atoms. The first-order valence-electron chi connectivity index (χ1n) is 7.85. The lowest BCUT2D eigenvalue weighted by Crippen LogP contribution is -2.23. The van der Waals surface area contributed by atoms with Crippen molar-refractivity contribution in [1.82, 2.24) is 0 Å². The summed E-state index contributed by atoms with van der Waals surface area (Å²) < 4.78 is 19.0. The van der Waals surface area contributed by atoms with E-state index in [0.717, 1.165) is 17.9 Å². The van der Waals surface area contributed by atoms with E-state index in [0.29, 0.717) is 12.5 Å². The number of para-hydroxylation sites is 1. The number of ether oxygens (including phenoxy) is 1. The van der Waals surface area contributed by atoms with Gasteiger partial charge >= 0.3 is 0 Å². The molecule has 0 aliphatic rings. The van der Waals surface area contributed by atoms with E-state index >= 15 is 0 Å². The first-order chi connectivity index (χ1) is 10.6. The van der Waals surface area contributed by atoms with Gasteiger partial charge in [0.15, 0.2) is 0 Å². The van der Waals surface area contributed by atoms with E-state index < -0.39 is 0 Å². The fraction of sp³-hybridized carbons (Fsp3) is 0.368. The molecule has 0 fully saturated rings. The quantitative estimate of drug-likeness (QED) is 0.757. The summed E-state index contributed by atoms with van der Waals surface area (Å²) >= 11 is 0. The third kappa shape index (κ3) is 4.48. The van der Waals surface area contributed by atoms with E-state index in [-0.39, 0.29) is 11.9 Å². The fourth-order valence-corrected chi connectivity index (χ4v) is 2.30. The van der Waals surface area contributed by atoms with Crippen molar-refractivity contribution < 1.29 is 9.13 Å². The molecule has 0 aliphatic heterocycles. The summed E-state index contributed by atoms with van der Waals surface area (Å²) in [7, 11) is 0. The van der Waals surface area contributed by atoms with Crippen molar-refractivity contribution in [2.45, 2.75) is 39.2 Å². The Morgan fingerprint density at radius 1 is 1.05 bits per heavy atom. The van der Waals surface area contributed by atoms with Crippen molar-refractivity contribution in [3.63, 3.8) is 0 Å². The van der Waals surface area contributed by atoms with E-state index in [2.05, 4.69) is 31.3 Å². The van der Waals surface area contributed by atoms with Crippen molar-refractivity contribution in [3.8, 4) is 5.75 Å². The van der Waals surface area contributed by atoms with E-state index in [1.165, 1.54) is 17.7 Å². The van der Waals surface area contributed by atoms with Gasteiger partial charge in [-0.3, -0.25) is 0 Å². The average Bonchev–Trinajstić information content (AvgIpc) is 2.54. The normalized spacial score (nSPS) is 13.5. The Bertz CT molecular complexity index is 582. The molecule has 0 unspecified atom stereocenters. The predicted octanol–water partition coefficient (Wildman–Crippen LogP) is 5.22. The number of halogens is 1. The SMILES string of the molecule is CC[C@@H](C)c1ccccc1O[C@@H](C)CNc1ccc(F)cc1. The van der Waals surface area contributed by atoms with Crippen LogP contribution in [0.3, 0.4) is 0 Å². The Hall–Kier alpha value is -2.03. The molecular formula is C19H24FNO. The van der Waals surface area contributed by atoms with Gasteiger partial charge in [0.05, 0.1) is 6.54 Å². The number of nitrogens with one attached hydrogen (secondary N) is 1. The summed E-state index contributed by atoms with van der Waals surface area (Å²) in [5.74, 6) is 1.20. The molecular weight excluding hydrogens is 277 g/mol. The Balaban J connectivity index is 1.94. The monoisotopic (exact) mass is 301 g/mol. The minimum absolute atomic E-state index is 0.0234. The zero-order chi connectivity index (χ0) is 15.9. The Labute approximate surface area is 132 Å². The molecule has 0 amide bonds. The van der Waals surface area contributed by atoms with Crippen LogP contribution in [0.15, 0.2) is 48.5 Å². The molecule has 0 saturated carbocycles. The molecule has 0 spiro atoms. The predicted molar refractivity (Wildman–Crippen MR) is 90.1 cm³/mol. The Morgan fingerprint density at radius 2 is 1.73 bits per heavy atom. The van der Waals surface area contributed by atoms with Gasteiger partial charge in [-0.2, -0.15) is 0 Å². The van der Waals surface area contributed by atoms with Crippen molar-refractivity contribution in [1.29, 1.82) is 0 Å². The maximum atomic E-state index is 12.9. The van der Waals surface area contributed by atoms with E-state index in [4.69, 9.17) is 4.74 Å². The first-order valence-corrected chi connectivity index (χ1v) is 7.85. The van der Waals surface area contributed by atoms with Crippen molar-refractivity contribution in [3.05, 3.63) is 59.9 Å². The minimum atomic E-state index is -0.225. The molecule has 2 nitrogen and oxygen atoms in total. The topological polar surface area (TPSA) is 21.3 Å². The highest BCUT2D eigenvalue weighted by Crippen LogP contribution is 2.29. The maximum absolute atomic E-state index is 12.9. The zero-order valence-electron chi connectivity index (χ0n) is 13.5. The van der Waals surface area contributed by atoms with Gasteiger partial charge in [0.2, 0.25) is 0 Å².